The predicted octanol–water partition coefficient (Wildman–Crippen LogP) is 0.944. The van der Waals surface area contributed by atoms with E-state index in [0.717, 1.165) is 37.5 Å². The summed E-state index contributed by atoms with van der Waals surface area (Å²) in [4.78, 5) is 14.1. The number of nitrogens with one attached hydrogen (secondary N) is 2. The molecular weight excluding hydrogens is 294 g/mol. The minimum absolute atomic E-state index is 0.0366. The van der Waals surface area contributed by atoms with Crippen LogP contribution in [0.3, 0.4) is 0 Å². The molecule has 1 atom stereocenters. The summed E-state index contributed by atoms with van der Waals surface area (Å²) in [5.41, 5.74) is 0. The van der Waals surface area contributed by atoms with E-state index in [1.165, 1.54) is 0 Å². The number of anilines is 1. The molecule has 7 heteroatoms. The van der Waals surface area contributed by atoms with Gasteiger partial charge in [-0.15, -0.1) is 5.10 Å². The van der Waals surface area contributed by atoms with Crippen LogP contribution < -0.4 is 15.5 Å². The molecule has 0 saturated carbocycles. The van der Waals surface area contributed by atoms with Gasteiger partial charge in [0.2, 0.25) is 5.91 Å². The van der Waals surface area contributed by atoms with Crippen LogP contribution in [-0.4, -0.2) is 41.8 Å². The first-order valence-corrected chi connectivity index (χ1v) is 7.87. The number of nitrogens with zero attached hydrogens (tertiary/aromatic N) is 3. The average Bonchev–Trinajstić information content (AvgIpc) is 3.25. The third-order valence-electron chi connectivity index (χ3n) is 3.94. The maximum Gasteiger partial charge on any atom is 0.234 e. The number of carbonyl (C=O) groups excluding carboxylic acids is 1. The molecule has 122 valence electrons. The maximum atomic E-state index is 11.8. The van der Waals surface area contributed by atoms with E-state index in [9.17, 15) is 4.79 Å². The standard InChI is InChI=1S/C16H21N5O2/c22-16(18-11-14-5-3-9-23-14)12-17-10-13-4-2-8-21(13)15-6-1-7-19-20-15/h1,3,5-7,9,13,17H,2,4,8,10-12H2,(H,18,22). The highest BCUT2D eigenvalue weighted by molar-refractivity contribution is 5.77. The Morgan fingerprint density at radius 3 is 3.13 bits per heavy atom. The van der Waals surface area contributed by atoms with Crippen molar-refractivity contribution in [2.75, 3.05) is 24.5 Å². The highest BCUT2D eigenvalue weighted by atomic mass is 16.3. The maximum absolute atomic E-state index is 11.8. The van der Waals surface area contributed by atoms with E-state index in [0.29, 0.717) is 19.1 Å². The molecule has 3 heterocycles. The van der Waals surface area contributed by atoms with Crippen molar-refractivity contribution in [1.82, 2.24) is 20.8 Å². The molecule has 2 aromatic rings. The molecule has 0 bridgehead atoms. The number of aromatic nitrogens is 2. The highest BCUT2D eigenvalue weighted by Gasteiger charge is 2.25. The summed E-state index contributed by atoms with van der Waals surface area (Å²) in [6.45, 7) is 2.45. The van der Waals surface area contributed by atoms with E-state index in [2.05, 4.69) is 25.7 Å². The molecule has 0 aromatic carbocycles. The second-order valence-electron chi connectivity index (χ2n) is 5.56. The molecule has 23 heavy (non-hydrogen) atoms. The van der Waals surface area contributed by atoms with Gasteiger partial charge in [0.05, 0.1) is 19.4 Å². The van der Waals surface area contributed by atoms with Crippen molar-refractivity contribution in [3.63, 3.8) is 0 Å². The lowest BCUT2D eigenvalue weighted by Gasteiger charge is -2.25. The second kappa shape index (κ2) is 7.73. The first-order valence-electron chi connectivity index (χ1n) is 7.87. The lowest BCUT2D eigenvalue weighted by molar-refractivity contribution is -0.120. The van der Waals surface area contributed by atoms with Crippen LogP contribution in [0.25, 0.3) is 0 Å². The van der Waals surface area contributed by atoms with Crippen LogP contribution in [0.1, 0.15) is 18.6 Å². The normalized spacial score (nSPS) is 17.4. The van der Waals surface area contributed by atoms with E-state index in [-0.39, 0.29) is 5.91 Å². The zero-order chi connectivity index (χ0) is 15.9. The Morgan fingerprint density at radius 2 is 2.35 bits per heavy atom. The topological polar surface area (TPSA) is 83.3 Å². The van der Waals surface area contributed by atoms with Crippen molar-refractivity contribution in [3.8, 4) is 0 Å². The molecule has 1 aliphatic rings. The third-order valence-corrected chi connectivity index (χ3v) is 3.94. The summed E-state index contributed by atoms with van der Waals surface area (Å²) >= 11 is 0. The SMILES string of the molecule is O=C(CNCC1CCCN1c1cccnn1)NCc1ccco1. The molecule has 1 amide bonds. The van der Waals surface area contributed by atoms with Gasteiger partial charge in [-0.1, -0.05) is 0 Å². The lowest BCUT2D eigenvalue weighted by Crippen LogP contribution is -2.42. The Kier molecular flexibility index (Phi) is 5.21. The molecule has 2 aromatic heterocycles. The zero-order valence-electron chi connectivity index (χ0n) is 12.9. The highest BCUT2D eigenvalue weighted by Crippen LogP contribution is 2.22. The second-order valence-corrected chi connectivity index (χ2v) is 5.56. The van der Waals surface area contributed by atoms with Gasteiger partial charge in [0, 0.05) is 25.3 Å². The Balaban J connectivity index is 1.40. The lowest BCUT2D eigenvalue weighted by atomic mass is 10.2. The van der Waals surface area contributed by atoms with E-state index in [4.69, 9.17) is 4.42 Å². The van der Waals surface area contributed by atoms with Crippen molar-refractivity contribution < 1.29 is 9.21 Å². The summed E-state index contributed by atoms with van der Waals surface area (Å²) in [7, 11) is 0. The Hall–Kier alpha value is -2.41. The van der Waals surface area contributed by atoms with Gasteiger partial charge in [-0.05, 0) is 37.1 Å². The fourth-order valence-electron chi connectivity index (χ4n) is 2.81. The van der Waals surface area contributed by atoms with Crippen LogP contribution in [-0.2, 0) is 11.3 Å². The minimum Gasteiger partial charge on any atom is -0.467 e. The summed E-state index contributed by atoms with van der Waals surface area (Å²) in [6.07, 6.45) is 5.50. The van der Waals surface area contributed by atoms with Gasteiger partial charge in [0.15, 0.2) is 5.82 Å². The monoisotopic (exact) mass is 315 g/mol. The molecule has 1 saturated heterocycles. The van der Waals surface area contributed by atoms with Crippen molar-refractivity contribution in [2.45, 2.75) is 25.4 Å². The van der Waals surface area contributed by atoms with Gasteiger partial charge >= 0.3 is 0 Å². The molecule has 2 N–H and O–H groups in total. The van der Waals surface area contributed by atoms with Crippen LogP contribution in [0, 0.1) is 0 Å². The van der Waals surface area contributed by atoms with Gasteiger partial charge < -0.3 is 20.0 Å². The number of carbonyl (C=O) groups is 1. The van der Waals surface area contributed by atoms with E-state index >= 15 is 0 Å². The molecule has 0 radical (unpaired) electrons. The Morgan fingerprint density at radius 1 is 1.39 bits per heavy atom. The number of furan rings is 1. The molecule has 1 fully saturated rings. The average molecular weight is 315 g/mol. The number of hydrogen-bond acceptors (Lipinski definition) is 6. The van der Waals surface area contributed by atoms with Crippen molar-refractivity contribution in [2.24, 2.45) is 0 Å². The summed E-state index contributed by atoms with van der Waals surface area (Å²) in [6, 6.07) is 7.87. The van der Waals surface area contributed by atoms with Gasteiger partial charge in [0.1, 0.15) is 5.76 Å². The predicted molar refractivity (Wildman–Crippen MR) is 85.8 cm³/mol. The smallest absolute Gasteiger partial charge is 0.234 e. The molecule has 0 spiro atoms. The first-order chi connectivity index (χ1) is 11.3. The third kappa shape index (κ3) is 4.29. The quantitative estimate of drug-likeness (QED) is 0.791. The molecule has 1 unspecified atom stereocenters. The van der Waals surface area contributed by atoms with Crippen LogP contribution in [0.15, 0.2) is 41.1 Å². The number of hydrogen-bond donors (Lipinski definition) is 2. The van der Waals surface area contributed by atoms with Gasteiger partial charge in [-0.25, -0.2) is 0 Å². The summed E-state index contributed by atoms with van der Waals surface area (Å²) < 4.78 is 5.18. The van der Waals surface area contributed by atoms with Crippen LogP contribution in [0.5, 0.6) is 0 Å². The van der Waals surface area contributed by atoms with Crippen LogP contribution in [0.4, 0.5) is 5.82 Å². The molecular formula is C16H21N5O2. The fraction of sp³-hybridized carbons (Fsp3) is 0.438. The van der Waals surface area contributed by atoms with Crippen molar-refractivity contribution >= 4 is 11.7 Å². The zero-order valence-corrected chi connectivity index (χ0v) is 12.9. The van der Waals surface area contributed by atoms with Gasteiger partial charge in [-0.2, -0.15) is 5.10 Å². The van der Waals surface area contributed by atoms with Crippen molar-refractivity contribution in [3.05, 3.63) is 42.5 Å². The number of rotatable bonds is 7. The Labute approximate surface area is 135 Å². The number of amides is 1. The fourth-order valence-corrected chi connectivity index (χ4v) is 2.81. The molecule has 1 aliphatic heterocycles. The van der Waals surface area contributed by atoms with E-state index in [1.807, 2.05) is 18.2 Å². The van der Waals surface area contributed by atoms with Crippen LogP contribution >= 0.6 is 0 Å². The van der Waals surface area contributed by atoms with E-state index < -0.39 is 0 Å². The largest absolute Gasteiger partial charge is 0.467 e. The molecule has 3 rings (SSSR count). The molecule has 7 nitrogen and oxygen atoms in total. The van der Waals surface area contributed by atoms with Crippen molar-refractivity contribution in [1.29, 1.82) is 0 Å². The summed E-state index contributed by atoms with van der Waals surface area (Å²) in [5, 5.41) is 14.2. The van der Waals surface area contributed by atoms with Gasteiger partial charge in [-0.3, -0.25) is 4.79 Å². The molecule has 0 aliphatic carbocycles. The summed E-state index contributed by atoms with van der Waals surface area (Å²) in [5.74, 6) is 1.62. The first kappa shape index (κ1) is 15.5. The minimum atomic E-state index is -0.0366. The van der Waals surface area contributed by atoms with E-state index in [1.54, 1.807) is 18.5 Å². The van der Waals surface area contributed by atoms with Gasteiger partial charge in [0.25, 0.3) is 0 Å². The van der Waals surface area contributed by atoms with Crippen LogP contribution in [0.2, 0.25) is 0 Å². The Bertz CT molecular complexity index is 602.